The number of aromatic carboxylic acids is 1. The molecule has 5 nitrogen and oxygen atoms in total. The highest BCUT2D eigenvalue weighted by molar-refractivity contribution is 6.34. The first-order chi connectivity index (χ1) is 8.34. The van der Waals surface area contributed by atoms with Crippen LogP contribution in [0.4, 0.5) is 5.69 Å². The van der Waals surface area contributed by atoms with Crippen molar-refractivity contribution >= 4 is 29.2 Å². The van der Waals surface area contributed by atoms with Gasteiger partial charge in [0.2, 0.25) is 5.91 Å². The van der Waals surface area contributed by atoms with E-state index < -0.39 is 17.9 Å². The molecular formula is C12H15ClN2O3. The highest BCUT2D eigenvalue weighted by atomic mass is 35.5. The average Bonchev–Trinajstić information content (AvgIpc) is 2.27. The number of carbonyl (C=O) groups is 2. The molecule has 18 heavy (non-hydrogen) atoms. The Morgan fingerprint density at radius 2 is 2.00 bits per heavy atom. The Morgan fingerprint density at radius 1 is 1.39 bits per heavy atom. The van der Waals surface area contributed by atoms with Gasteiger partial charge < -0.3 is 16.2 Å². The number of nitrogens with one attached hydrogen (secondary N) is 1. The monoisotopic (exact) mass is 270 g/mol. The molecule has 1 atom stereocenters. The number of carbonyl (C=O) groups excluding carboxylic acids is 1. The summed E-state index contributed by atoms with van der Waals surface area (Å²) in [7, 11) is 0. The summed E-state index contributed by atoms with van der Waals surface area (Å²) in [5, 5.41) is 11.6. The van der Waals surface area contributed by atoms with Crippen LogP contribution in [0.15, 0.2) is 18.2 Å². The number of nitrogens with two attached hydrogens (primary N) is 1. The van der Waals surface area contributed by atoms with Gasteiger partial charge in [0.25, 0.3) is 0 Å². The van der Waals surface area contributed by atoms with Gasteiger partial charge in [-0.2, -0.15) is 0 Å². The van der Waals surface area contributed by atoms with Crippen LogP contribution < -0.4 is 11.1 Å². The van der Waals surface area contributed by atoms with Gasteiger partial charge in [-0.25, -0.2) is 4.79 Å². The largest absolute Gasteiger partial charge is 0.478 e. The van der Waals surface area contributed by atoms with E-state index in [1.165, 1.54) is 12.1 Å². The lowest BCUT2D eigenvalue weighted by atomic mass is 10.0. The highest BCUT2D eigenvalue weighted by Crippen LogP contribution is 2.24. The van der Waals surface area contributed by atoms with Gasteiger partial charge in [-0.05, 0) is 18.1 Å². The predicted molar refractivity (Wildman–Crippen MR) is 69.9 cm³/mol. The van der Waals surface area contributed by atoms with Crippen molar-refractivity contribution < 1.29 is 14.7 Å². The zero-order valence-electron chi connectivity index (χ0n) is 10.1. The fourth-order valence-corrected chi connectivity index (χ4v) is 1.62. The molecule has 1 aromatic carbocycles. The minimum atomic E-state index is -1.20. The van der Waals surface area contributed by atoms with Gasteiger partial charge in [0.1, 0.15) is 5.56 Å². The van der Waals surface area contributed by atoms with Crippen LogP contribution in [-0.4, -0.2) is 23.0 Å². The fraction of sp³-hybridized carbons (Fsp3) is 0.333. The quantitative estimate of drug-likeness (QED) is 0.780. The van der Waals surface area contributed by atoms with Gasteiger partial charge >= 0.3 is 5.97 Å². The molecule has 0 aliphatic rings. The Balaban J connectivity index is 3.02. The van der Waals surface area contributed by atoms with Gasteiger partial charge in [0.05, 0.1) is 16.8 Å². The molecule has 6 heteroatoms. The number of anilines is 1. The molecule has 98 valence electrons. The van der Waals surface area contributed by atoms with E-state index in [4.69, 9.17) is 22.4 Å². The normalized spacial score (nSPS) is 12.3. The highest BCUT2D eigenvalue weighted by Gasteiger charge is 2.21. The van der Waals surface area contributed by atoms with E-state index in [1.807, 2.05) is 0 Å². The molecule has 0 radical (unpaired) electrons. The Bertz CT molecular complexity index is 474. The summed E-state index contributed by atoms with van der Waals surface area (Å²) < 4.78 is 0. The number of benzene rings is 1. The third-order valence-corrected chi connectivity index (χ3v) is 2.82. The zero-order chi connectivity index (χ0) is 13.9. The molecule has 1 unspecified atom stereocenters. The van der Waals surface area contributed by atoms with Gasteiger partial charge in [0.15, 0.2) is 0 Å². The number of hydrogen-bond donors (Lipinski definition) is 3. The maximum Gasteiger partial charge on any atom is 0.339 e. The first-order valence-electron chi connectivity index (χ1n) is 5.42. The van der Waals surface area contributed by atoms with Crippen molar-refractivity contribution in [2.75, 3.05) is 5.32 Å². The number of carboxylic acids is 1. The van der Waals surface area contributed by atoms with Gasteiger partial charge in [0, 0.05) is 0 Å². The maximum absolute atomic E-state index is 11.8. The molecular weight excluding hydrogens is 256 g/mol. The van der Waals surface area contributed by atoms with E-state index in [1.54, 1.807) is 19.9 Å². The molecule has 0 aliphatic carbocycles. The average molecular weight is 271 g/mol. The molecule has 0 saturated heterocycles. The Labute approximate surface area is 110 Å². The number of carboxylic acid groups (broad SMARTS) is 1. The molecule has 0 heterocycles. The molecule has 0 spiro atoms. The number of halogens is 1. The predicted octanol–water partition coefficient (Wildman–Crippen LogP) is 1.96. The smallest absolute Gasteiger partial charge is 0.339 e. The Kier molecular flexibility index (Phi) is 4.69. The van der Waals surface area contributed by atoms with Crippen molar-refractivity contribution in [2.45, 2.75) is 19.9 Å². The summed E-state index contributed by atoms with van der Waals surface area (Å²) in [4.78, 5) is 22.8. The number of hydrogen-bond acceptors (Lipinski definition) is 3. The standard InChI is InChI=1S/C12H15ClN2O3/c1-6(2)10(14)11(16)15-8-5-3-4-7(13)9(8)12(17)18/h3-6,10H,14H2,1-2H3,(H,15,16)(H,17,18). The van der Waals surface area contributed by atoms with Crippen molar-refractivity contribution in [3.63, 3.8) is 0 Å². The molecule has 0 aliphatic heterocycles. The van der Waals surface area contributed by atoms with E-state index in [-0.39, 0.29) is 22.2 Å². The van der Waals surface area contributed by atoms with Gasteiger partial charge in [-0.3, -0.25) is 4.79 Å². The molecule has 4 N–H and O–H groups in total. The SMILES string of the molecule is CC(C)C(N)C(=O)Nc1cccc(Cl)c1C(=O)O. The van der Waals surface area contributed by atoms with Crippen molar-refractivity contribution in [1.29, 1.82) is 0 Å². The summed E-state index contributed by atoms with van der Waals surface area (Å²) in [5.74, 6) is -1.68. The van der Waals surface area contributed by atoms with Gasteiger partial charge in [-0.1, -0.05) is 31.5 Å². The van der Waals surface area contributed by atoms with Crippen LogP contribution in [0.3, 0.4) is 0 Å². The lowest BCUT2D eigenvalue weighted by Crippen LogP contribution is -2.40. The van der Waals surface area contributed by atoms with E-state index >= 15 is 0 Å². The first-order valence-corrected chi connectivity index (χ1v) is 5.80. The van der Waals surface area contributed by atoms with Crippen molar-refractivity contribution in [1.82, 2.24) is 0 Å². The second-order valence-electron chi connectivity index (χ2n) is 4.23. The van der Waals surface area contributed by atoms with E-state index in [0.717, 1.165) is 0 Å². The van der Waals surface area contributed by atoms with Gasteiger partial charge in [-0.15, -0.1) is 0 Å². The maximum atomic E-state index is 11.8. The van der Waals surface area contributed by atoms with Crippen LogP contribution >= 0.6 is 11.6 Å². The van der Waals surface area contributed by atoms with E-state index in [2.05, 4.69) is 5.32 Å². The second-order valence-corrected chi connectivity index (χ2v) is 4.63. The Morgan fingerprint density at radius 3 is 2.50 bits per heavy atom. The molecule has 1 aromatic rings. The third-order valence-electron chi connectivity index (χ3n) is 2.51. The molecule has 0 bridgehead atoms. The fourth-order valence-electron chi connectivity index (χ4n) is 1.36. The van der Waals surface area contributed by atoms with Crippen LogP contribution in [0.25, 0.3) is 0 Å². The summed E-state index contributed by atoms with van der Waals surface area (Å²) >= 11 is 5.79. The minimum absolute atomic E-state index is 0.0440. The number of amides is 1. The summed E-state index contributed by atoms with van der Waals surface area (Å²) in [6.07, 6.45) is 0. The lowest BCUT2D eigenvalue weighted by Gasteiger charge is -2.16. The third kappa shape index (κ3) is 3.21. The second kappa shape index (κ2) is 5.84. The minimum Gasteiger partial charge on any atom is -0.478 e. The topological polar surface area (TPSA) is 92.4 Å². The van der Waals surface area contributed by atoms with Crippen molar-refractivity contribution in [3.8, 4) is 0 Å². The molecule has 0 aromatic heterocycles. The van der Waals surface area contributed by atoms with Crippen LogP contribution in [-0.2, 0) is 4.79 Å². The zero-order valence-corrected chi connectivity index (χ0v) is 10.9. The first kappa shape index (κ1) is 14.5. The van der Waals surface area contributed by atoms with Crippen LogP contribution in [0.2, 0.25) is 5.02 Å². The van der Waals surface area contributed by atoms with Crippen molar-refractivity contribution in [2.24, 2.45) is 11.7 Å². The molecule has 0 fully saturated rings. The summed E-state index contributed by atoms with van der Waals surface area (Å²) in [5.41, 5.74) is 5.69. The summed E-state index contributed by atoms with van der Waals surface area (Å²) in [6.45, 7) is 3.61. The van der Waals surface area contributed by atoms with Crippen LogP contribution in [0.1, 0.15) is 24.2 Å². The molecule has 0 saturated carbocycles. The number of rotatable bonds is 4. The Hall–Kier alpha value is -1.59. The van der Waals surface area contributed by atoms with Crippen LogP contribution in [0, 0.1) is 5.92 Å². The van der Waals surface area contributed by atoms with Crippen molar-refractivity contribution in [3.05, 3.63) is 28.8 Å². The van der Waals surface area contributed by atoms with E-state index in [0.29, 0.717) is 0 Å². The summed E-state index contributed by atoms with van der Waals surface area (Å²) in [6, 6.07) is 3.78. The molecule has 1 rings (SSSR count). The lowest BCUT2D eigenvalue weighted by molar-refractivity contribution is -0.118. The van der Waals surface area contributed by atoms with E-state index in [9.17, 15) is 9.59 Å². The van der Waals surface area contributed by atoms with Crippen LogP contribution in [0.5, 0.6) is 0 Å². The molecule has 1 amide bonds.